The first kappa shape index (κ1) is 24.6. The van der Waals surface area contributed by atoms with E-state index in [0.29, 0.717) is 31.8 Å². The molecule has 0 bridgehead atoms. The van der Waals surface area contributed by atoms with Crippen LogP contribution < -0.4 is 5.32 Å². The van der Waals surface area contributed by atoms with Crippen LogP contribution in [-0.2, 0) is 19.7 Å². The Morgan fingerprint density at radius 1 is 1.19 bits per heavy atom. The summed E-state index contributed by atoms with van der Waals surface area (Å²) in [6.45, 7) is 13.2. The number of aromatic nitrogens is 2. The second-order valence-electron chi connectivity index (χ2n) is 8.93. The number of rotatable bonds is 9. The highest BCUT2D eigenvalue weighted by Crippen LogP contribution is 2.27. The van der Waals surface area contributed by atoms with Gasteiger partial charge in [-0.1, -0.05) is 45.4 Å². The summed E-state index contributed by atoms with van der Waals surface area (Å²) in [6, 6.07) is 8.05. The van der Waals surface area contributed by atoms with Crippen LogP contribution in [0.15, 0.2) is 24.3 Å². The van der Waals surface area contributed by atoms with E-state index < -0.39 is 0 Å². The van der Waals surface area contributed by atoms with Crippen LogP contribution in [0.2, 0.25) is 0 Å². The number of hydrogen-bond acceptors (Lipinski definition) is 4. The standard InChI is InChI=1S/C24H36N4O3/c1-8-23(30)27(12-9-13-31-7)16-22(29)25-21-15-20(24(4,5)6)26-28(21)19-11-10-17(2)14-18(19)3/h10-11,14-15H,8-9,12-13,16H2,1-7H3,(H,25,29). The average molecular weight is 429 g/mol. The van der Waals surface area contributed by atoms with E-state index in [9.17, 15) is 9.59 Å². The van der Waals surface area contributed by atoms with Crippen LogP contribution in [0, 0.1) is 13.8 Å². The minimum absolute atomic E-state index is 0.000696. The summed E-state index contributed by atoms with van der Waals surface area (Å²) in [5.74, 6) is 0.303. The van der Waals surface area contributed by atoms with E-state index in [0.717, 1.165) is 16.9 Å². The number of amides is 2. The number of carbonyl (C=O) groups is 2. The van der Waals surface area contributed by atoms with Gasteiger partial charge in [0.05, 0.1) is 17.9 Å². The smallest absolute Gasteiger partial charge is 0.245 e. The van der Waals surface area contributed by atoms with E-state index >= 15 is 0 Å². The Morgan fingerprint density at radius 3 is 2.48 bits per heavy atom. The fraction of sp³-hybridized carbons (Fsp3) is 0.542. The summed E-state index contributed by atoms with van der Waals surface area (Å²) in [6.07, 6.45) is 1.04. The summed E-state index contributed by atoms with van der Waals surface area (Å²) in [5, 5.41) is 7.77. The maximum absolute atomic E-state index is 12.9. The topological polar surface area (TPSA) is 76.5 Å². The maximum Gasteiger partial charge on any atom is 0.245 e. The molecular weight excluding hydrogens is 392 g/mol. The second kappa shape index (κ2) is 10.6. The van der Waals surface area contributed by atoms with E-state index in [2.05, 4.69) is 32.2 Å². The molecule has 170 valence electrons. The monoisotopic (exact) mass is 428 g/mol. The van der Waals surface area contributed by atoms with Crippen LogP contribution in [0.3, 0.4) is 0 Å². The molecule has 0 saturated carbocycles. The summed E-state index contributed by atoms with van der Waals surface area (Å²) in [5.41, 5.74) is 3.86. The Hall–Kier alpha value is -2.67. The van der Waals surface area contributed by atoms with Gasteiger partial charge in [-0.3, -0.25) is 9.59 Å². The van der Waals surface area contributed by atoms with Crippen molar-refractivity contribution in [1.82, 2.24) is 14.7 Å². The van der Waals surface area contributed by atoms with Crippen molar-refractivity contribution in [2.75, 3.05) is 32.1 Å². The van der Waals surface area contributed by atoms with Gasteiger partial charge in [-0.15, -0.1) is 0 Å². The lowest BCUT2D eigenvalue weighted by Crippen LogP contribution is -2.38. The predicted octanol–water partition coefficient (Wildman–Crippen LogP) is 4.00. The van der Waals surface area contributed by atoms with Crippen molar-refractivity contribution >= 4 is 17.6 Å². The molecule has 1 aromatic carbocycles. The molecule has 7 heteroatoms. The van der Waals surface area contributed by atoms with Crippen LogP contribution >= 0.6 is 0 Å². The molecule has 0 unspecified atom stereocenters. The molecule has 2 amide bonds. The Morgan fingerprint density at radius 2 is 1.90 bits per heavy atom. The van der Waals surface area contributed by atoms with Crippen LogP contribution in [0.5, 0.6) is 0 Å². The van der Waals surface area contributed by atoms with Crippen molar-refractivity contribution in [2.24, 2.45) is 0 Å². The molecular formula is C24H36N4O3. The molecule has 0 fully saturated rings. The summed E-state index contributed by atoms with van der Waals surface area (Å²) in [7, 11) is 1.62. The van der Waals surface area contributed by atoms with Crippen molar-refractivity contribution in [2.45, 2.75) is 59.8 Å². The summed E-state index contributed by atoms with van der Waals surface area (Å²) < 4.78 is 6.86. The average Bonchev–Trinajstić information content (AvgIpc) is 3.10. The highest BCUT2D eigenvalue weighted by atomic mass is 16.5. The normalized spacial score (nSPS) is 11.5. The number of benzene rings is 1. The first-order valence-electron chi connectivity index (χ1n) is 10.8. The first-order valence-corrected chi connectivity index (χ1v) is 10.8. The molecule has 0 atom stereocenters. The van der Waals surface area contributed by atoms with E-state index in [1.54, 1.807) is 23.6 Å². The third kappa shape index (κ3) is 6.66. The molecule has 1 heterocycles. The quantitative estimate of drug-likeness (QED) is 0.613. The molecule has 0 aliphatic carbocycles. The second-order valence-corrected chi connectivity index (χ2v) is 8.93. The SMILES string of the molecule is CCC(=O)N(CCCOC)CC(=O)Nc1cc(C(C)(C)C)nn1-c1ccc(C)cc1C. The highest BCUT2D eigenvalue weighted by Gasteiger charge is 2.23. The zero-order valence-electron chi connectivity index (χ0n) is 19.9. The number of anilines is 1. The minimum Gasteiger partial charge on any atom is -0.385 e. The van der Waals surface area contributed by atoms with Crippen LogP contribution in [0.25, 0.3) is 5.69 Å². The van der Waals surface area contributed by atoms with E-state index in [4.69, 9.17) is 9.84 Å². The van der Waals surface area contributed by atoms with Crippen molar-refractivity contribution in [3.8, 4) is 5.69 Å². The predicted molar refractivity (Wildman–Crippen MR) is 124 cm³/mol. The molecule has 7 nitrogen and oxygen atoms in total. The lowest BCUT2D eigenvalue weighted by molar-refractivity contribution is -0.134. The molecule has 0 saturated heterocycles. The molecule has 2 rings (SSSR count). The number of aryl methyl sites for hydroxylation is 2. The van der Waals surface area contributed by atoms with Gasteiger partial charge < -0.3 is 15.0 Å². The van der Waals surface area contributed by atoms with E-state index in [1.807, 2.05) is 32.0 Å². The Balaban J connectivity index is 2.30. The van der Waals surface area contributed by atoms with Crippen molar-refractivity contribution in [3.63, 3.8) is 0 Å². The van der Waals surface area contributed by atoms with Crippen molar-refractivity contribution in [1.29, 1.82) is 0 Å². The van der Waals surface area contributed by atoms with Crippen molar-refractivity contribution in [3.05, 3.63) is 41.1 Å². The first-order chi connectivity index (χ1) is 14.6. The number of nitrogens with zero attached hydrogens (tertiary/aromatic N) is 3. The fourth-order valence-electron chi connectivity index (χ4n) is 3.33. The summed E-state index contributed by atoms with van der Waals surface area (Å²) in [4.78, 5) is 26.7. The number of carbonyl (C=O) groups excluding carboxylic acids is 2. The molecule has 2 aromatic rings. The van der Waals surface area contributed by atoms with Gasteiger partial charge in [0, 0.05) is 38.2 Å². The molecule has 1 N–H and O–H groups in total. The largest absolute Gasteiger partial charge is 0.385 e. The van der Waals surface area contributed by atoms with Gasteiger partial charge in [0.25, 0.3) is 0 Å². The third-order valence-electron chi connectivity index (χ3n) is 5.09. The summed E-state index contributed by atoms with van der Waals surface area (Å²) >= 11 is 0. The van der Waals surface area contributed by atoms with Crippen LogP contribution in [0.1, 0.15) is 57.4 Å². The molecule has 0 aliphatic heterocycles. The Bertz CT molecular complexity index is 912. The number of ether oxygens (including phenoxy) is 1. The number of hydrogen-bond donors (Lipinski definition) is 1. The number of methoxy groups -OCH3 is 1. The van der Waals surface area contributed by atoms with E-state index in [1.165, 1.54) is 5.56 Å². The lowest BCUT2D eigenvalue weighted by Gasteiger charge is -2.21. The van der Waals surface area contributed by atoms with Crippen LogP contribution in [0.4, 0.5) is 5.82 Å². The molecule has 0 aliphatic rings. The molecule has 31 heavy (non-hydrogen) atoms. The zero-order valence-corrected chi connectivity index (χ0v) is 19.9. The fourth-order valence-corrected chi connectivity index (χ4v) is 3.33. The minimum atomic E-state index is -0.245. The van der Waals surface area contributed by atoms with Crippen LogP contribution in [-0.4, -0.2) is 53.3 Å². The maximum atomic E-state index is 12.9. The van der Waals surface area contributed by atoms with E-state index in [-0.39, 0.29) is 23.8 Å². The highest BCUT2D eigenvalue weighted by molar-refractivity contribution is 5.94. The number of nitrogens with one attached hydrogen (secondary N) is 1. The van der Waals surface area contributed by atoms with Gasteiger partial charge in [0.15, 0.2) is 0 Å². The van der Waals surface area contributed by atoms with Gasteiger partial charge in [-0.25, -0.2) is 4.68 Å². The lowest BCUT2D eigenvalue weighted by atomic mass is 9.92. The Labute approximate surface area is 185 Å². The van der Waals surface area contributed by atoms with Crippen molar-refractivity contribution < 1.29 is 14.3 Å². The van der Waals surface area contributed by atoms with Gasteiger partial charge in [-0.2, -0.15) is 5.10 Å². The third-order valence-corrected chi connectivity index (χ3v) is 5.09. The van der Waals surface area contributed by atoms with Gasteiger partial charge >= 0.3 is 0 Å². The molecule has 0 spiro atoms. The zero-order chi connectivity index (χ0) is 23.2. The Kier molecular flexibility index (Phi) is 8.39. The molecule has 1 aromatic heterocycles. The van der Waals surface area contributed by atoms with Gasteiger partial charge in [0.1, 0.15) is 5.82 Å². The molecule has 0 radical (unpaired) electrons. The van der Waals surface area contributed by atoms with Gasteiger partial charge in [-0.05, 0) is 31.9 Å². The van der Waals surface area contributed by atoms with Gasteiger partial charge in [0.2, 0.25) is 11.8 Å².